The Hall–Kier alpha value is -0.500. The number of sulfonamides is 1. The number of hydrogen-bond acceptors (Lipinski definition) is 5. The molecule has 7 heteroatoms. The minimum atomic E-state index is -3.63. The van der Waals surface area contributed by atoms with Crippen LogP contribution in [0.2, 0.25) is 0 Å². The number of furan rings is 1. The molecule has 108 valence electrons. The molecular weight excluding hydrogens is 286 g/mol. The van der Waals surface area contributed by atoms with E-state index in [1.165, 1.54) is 0 Å². The van der Waals surface area contributed by atoms with Gasteiger partial charge in [0.2, 0.25) is 10.0 Å². The number of nitrogens with one attached hydrogen (secondary N) is 1. The number of aliphatic hydroxyl groups is 1. The lowest BCUT2D eigenvalue weighted by molar-refractivity contribution is 0.276. The first-order valence-corrected chi connectivity index (χ1v) is 8.80. The van der Waals surface area contributed by atoms with Gasteiger partial charge in [0, 0.05) is 16.9 Å². The second-order valence-electron chi connectivity index (χ2n) is 4.89. The summed E-state index contributed by atoms with van der Waals surface area (Å²) in [5, 5.41) is 9.31. The molecule has 1 saturated carbocycles. The van der Waals surface area contributed by atoms with Crippen molar-refractivity contribution in [1.29, 1.82) is 0 Å². The summed E-state index contributed by atoms with van der Waals surface area (Å²) in [4.78, 5) is 0.0874. The van der Waals surface area contributed by atoms with Crippen molar-refractivity contribution in [1.82, 2.24) is 4.72 Å². The zero-order chi connectivity index (χ0) is 14.3. The Kier molecular flexibility index (Phi) is 4.02. The van der Waals surface area contributed by atoms with Crippen molar-refractivity contribution in [3.05, 3.63) is 17.1 Å². The molecule has 1 aliphatic rings. The molecule has 19 heavy (non-hydrogen) atoms. The summed E-state index contributed by atoms with van der Waals surface area (Å²) in [6.45, 7) is 3.34. The predicted molar refractivity (Wildman–Crippen MR) is 74.8 cm³/mol. The Morgan fingerprint density at radius 2 is 2.00 bits per heavy atom. The molecule has 0 bridgehead atoms. The maximum atomic E-state index is 12.3. The molecule has 0 spiro atoms. The van der Waals surface area contributed by atoms with Crippen LogP contribution in [0.3, 0.4) is 0 Å². The Morgan fingerprint density at radius 1 is 1.37 bits per heavy atom. The SMILES string of the molecule is CSC1(CNS(=O)(=O)c2c(C)oc(C)c2CO)CC1. The third-order valence-electron chi connectivity index (χ3n) is 3.58. The molecule has 1 aromatic rings. The highest BCUT2D eigenvalue weighted by Gasteiger charge is 2.43. The molecule has 0 aliphatic heterocycles. The smallest absolute Gasteiger partial charge is 0.244 e. The fourth-order valence-corrected chi connectivity index (χ4v) is 4.52. The van der Waals surface area contributed by atoms with E-state index in [4.69, 9.17) is 4.42 Å². The van der Waals surface area contributed by atoms with Gasteiger partial charge < -0.3 is 9.52 Å². The van der Waals surface area contributed by atoms with Gasteiger partial charge in [0.15, 0.2) is 0 Å². The first-order chi connectivity index (χ1) is 8.85. The quantitative estimate of drug-likeness (QED) is 0.834. The normalized spacial score (nSPS) is 17.7. The maximum absolute atomic E-state index is 12.3. The van der Waals surface area contributed by atoms with Gasteiger partial charge in [-0.1, -0.05) is 0 Å². The van der Waals surface area contributed by atoms with Crippen LogP contribution >= 0.6 is 11.8 Å². The number of aryl methyl sites for hydroxylation is 2. The monoisotopic (exact) mass is 305 g/mol. The number of rotatable bonds is 6. The molecule has 0 unspecified atom stereocenters. The van der Waals surface area contributed by atoms with E-state index < -0.39 is 10.0 Å². The molecule has 0 saturated heterocycles. The largest absolute Gasteiger partial charge is 0.465 e. The molecule has 1 fully saturated rings. The zero-order valence-electron chi connectivity index (χ0n) is 11.3. The molecule has 2 N–H and O–H groups in total. The number of aliphatic hydroxyl groups excluding tert-OH is 1. The van der Waals surface area contributed by atoms with E-state index in [2.05, 4.69) is 4.72 Å². The van der Waals surface area contributed by atoms with Gasteiger partial charge in [-0.25, -0.2) is 13.1 Å². The van der Waals surface area contributed by atoms with Crippen LogP contribution in [0.1, 0.15) is 29.9 Å². The molecule has 0 aromatic carbocycles. The minimum Gasteiger partial charge on any atom is -0.465 e. The standard InChI is InChI=1S/C12H19NO4S2/c1-8-10(6-14)11(9(2)17-8)19(15,16)13-7-12(18-3)4-5-12/h13-14H,4-7H2,1-3H3. The van der Waals surface area contributed by atoms with Crippen molar-refractivity contribution in [3.8, 4) is 0 Å². The van der Waals surface area contributed by atoms with Crippen molar-refractivity contribution >= 4 is 21.8 Å². The molecule has 0 amide bonds. The van der Waals surface area contributed by atoms with Crippen LogP contribution in [-0.4, -0.2) is 31.1 Å². The van der Waals surface area contributed by atoms with Crippen molar-refractivity contribution in [3.63, 3.8) is 0 Å². The summed E-state index contributed by atoms with van der Waals surface area (Å²) in [5.41, 5.74) is 0.346. The summed E-state index contributed by atoms with van der Waals surface area (Å²) in [5.74, 6) is 0.773. The first-order valence-electron chi connectivity index (χ1n) is 6.10. The lowest BCUT2D eigenvalue weighted by atomic mass is 10.2. The molecule has 0 radical (unpaired) electrons. The summed E-state index contributed by atoms with van der Waals surface area (Å²) in [7, 11) is -3.63. The van der Waals surface area contributed by atoms with E-state index in [-0.39, 0.29) is 16.2 Å². The molecule has 1 heterocycles. The van der Waals surface area contributed by atoms with Crippen molar-refractivity contribution in [2.24, 2.45) is 0 Å². The lowest BCUT2D eigenvalue weighted by Crippen LogP contribution is -2.32. The zero-order valence-corrected chi connectivity index (χ0v) is 12.9. The second-order valence-corrected chi connectivity index (χ2v) is 7.87. The van der Waals surface area contributed by atoms with Gasteiger partial charge in [0.25, 0.3) is 0 Å². The Labute approximate surface area is 117 Å². The van der Waals surface area contributed by atoms with Gasteiger partial charge in [-0.2, -0.15) is 11.8 Å². The van der Waals surface area contributed by atoms with Crippen molar-refractivity contribution in [2.75, 3.05) is 12.8 Å². The third-order valence-corrected chi connectivity index (χ3v) is 6.59. The van der Waals surface area contributed by atoms with Crippen LogP contribution in [0.15, 0.2) is 9.31 Å². The Bertz CT molecular complexity index is 573. The maximum Gasteiger partial charge on any atom is 0.244 e. The highest BCUT2D eigenvalue weighted by atomic mass is 32.2. The number of hydrogen-bond donors (Lipinski definition) is 2. The van der Waals surface area contributed by atoms with Crippen molar-refractivity contribution in [2.45, 2.75) is 42.9 Å². The minimum absolute atomic E-state index is 0.0547. The van der Waals surface area contributed by atoms with E-state index in [9.17, 15) is 13.5 Å². The highest BCUT2D eigenvalue weighted by molar-refractivity contribution is 8.00. The summed E-state index contributed by atoms with van der Waals surface area (Å²) in [6, 6.07) is 0. The lowest BCUT2D eigenvalue weighted by Gasteiger charge is -2.13. The molecule has 5 nitrogen and oxygen atoms in total. The van der Waals surface area contributed by atoms with Crippen LogP contribution in [0.4, 0.5) is 0 Å². The molecule has 2 rings (SSSR count). The van der Waals surface area contributed by atoms with Gasteiger partial charge >= 0.3 is 0 Å². The average molecular weight is 305 g/mol. The average Bonchev–Trinajstić information content (AvgIpc) is 3.07. The first kappa shape index (κ1) is 14.9. The van der Waals surface area contributed by atoms with E-state index in [0.717, 1.165) is 12.8 Å². The van der Waals surface area contributed by atoms with Gasteiger partial charge in [-0.05, 0) is 32.9 Å². The van der Waals surface area contributed by atoms with Crippen LogP contribution in [-0.2, 0) is 16.6 Å². The third kappa shape index (κ3) is 2.84. The van der Waals surface area contributed by atoms with Gasteiger partial charge in [0.05, 0.1) is 6.61 Å². The van der Waals surface area contributed by atoms with Crippen LogP contribution in [0.5, 0.6) is 0 Å². The van der Waals surface area contributed by atoms with Gasteiger partial charge in [-0.3, -0.25) is 0 Å². The van der Waals surface area contributed by atoms with Crippen LogP contribution < -0.4 is 4.72 Å². The molecule has 1 aromatic heterocycles. The van der Waals surface area contributed by atoms with Gasteiger partial charge in [0.1, 0.15) is 16.4 Å². The summed E-state index contributed by atoms with van der Waals surface area (Å²) in [6.07, 6.45) is 4.06. The highest BCUT2D eigenvalue weighted by Crippen LogP contribution is 2.46. The second kappa shape index (κ2) is 5.12. The fourth-order valence-electron chi connectivity index (χ4n) is 2.14. The van der Waals surface area contributed by atoms with E-state index in [1.54, 1.807) is 25.6 Å². The predicted octanol–water partition coefficient (Wildman–Crippen LogP) is 1.56. The summed E-state index contributed by atoms with van der Waals surface area (Å²) < 4.78 is 32.7. The number of thioether (sulfide) groups is 1. The fraction of sp³-hybridized carbons (Fsp3) is 0.667. The Morgan fingerprint density at radius 3 is 2.47 bits per heavy atom. The molecular formula is C12H19NO4S2. The molecule has 0 atom stereocenters. The van der Waals surface area contributed by atoms with Crippen molar-refractivity contribution < 1.29 is 17.9 Å². The van der Waals surface area contributed by atoms with E-state index >= 15 is 0 Å². The van der Waals surface area contributed by atoms with E-state index in [0.29, 0.717) is 23.6 Å². The van der Waals surface area contributed by atoms with E-state index in [1.807, 2.05) is 6.26 Å². The van der Waals surface area contributed by atoms with Gasteiger partial charge in [-0.15, -0.1) is 0 Å². The van der Waals surface area contributed by atoms with Crippen LogP contribution in [0, 0.1) is 13.8 Å². The molecule has 1 aliphatic carbocycles. The van der Waals surface area contributed by atoms with Crippen LogP contribution in [0.25, 0.3) is 0 Å². The summed E-state index contributed by atoms with van der Waals surface area (Å²) >= 11 is 1.69. The topological polar surface area (TPSA) is 79.5 Å². The Balaban J connectivity index is 2.24.